The number of nitrogens with zero attached hydrogens (tertiary/aromatic N) is 2. The zero-order valence-corrected chi connectivity index (χ0v) is 12.5. The van der Waals surface area contributed by atoms with E-state index in [4.69, 9.17) is 21.3 Å². The fourth-order valence-corrected chi connectivity index (χ4v) is 2.92. The summed E-state index contributed by atoms with van der Waals surface area (Å²) in [6.07, 6.45) is 1.99. The van der Waals surface area contributed by atoms with E-state index in [9.17, 15) is 0 Å². The predicted molar refractivity (Wildman–Crippen MR) is 81.3 cm³/mol. The van der Waals surface area contributed by atoms with Crippen LogP contribution in [0.2, 0.25) is 5.02 Å². The van der Waals surface area contributed by atoms with Crippen LogP contribution in [-0.4, -0.2) is 35.4 Å². The number of imidazole rings is 1. The van der Waals surface area contributed by atoms with Crippen LogP contribution in [0.5, 0.6) is 0 Å². The zero-order valence-electron chi connectivity index (χ0n) is 11.7. The third-order valence-electron chi connectivity index (χ3n) is 3.66. The number of hydrogen-bond acceptors (Lipinski definition) is 3. The maximum Gasteiger partial charge on any atom is 0.111 e. The van der Waals surface area contributed by atoms with Crippen LogP contribution in [0.3, 0.4) is 0 Å². The summed E-state index contributed by atoms with van der Waals surface area (Å²) in [4.78, 5) is 4.77. The van der Waals surface area contributed by atoms with Crippen molar-refractivity contribution in [2.24, 2.45) is 0 Å². The van der Waals surface area contributed by atoms with Gasteiger partial charge in [0.15, 0.2) is 0 Å². The molecule has 1 saturated heterocycles. The van der Waals surface area contributed by atoms with Crippen LogP contribution in [0, 0.1) is 0 Å². The van der Waals surface area contributed by atoms with Gasteiger partial charge in [-0.15, -0.1) is 0 Å². The van der Waals surface area contributed by atoms with Crippen LogP contribution in [0.1, 0.15) is 19.2 Å². The zero-order chi connectivity index (χ0) is 13.9. The van der Waals surface area contributed by atoms with Crippen LogP contribution in [0.25, 0.3) is 11.0 Å². The summed E-state index contributed by atoms with van der Waals surface area (Å²) < 4.78 is 7.83. The number of fused-ring (bicyclic) bond motifs is 1. The van der Waals surface area contributed by atoms with E-state index in [1.54, 1.807) is 0 Å². The average molecular weight is 294 g/mol. The summed E-state index contributed by atoms with van der Waals surface area (Å²) in [5.41, 5.74) is 2.15. The molecule has 108 valence electrons. The topological polar surface area (TPSA) is 39.1 Å². The number of aryl methyl sites for hydroxylation is 1. The Balaban J connectivity index is 1.93. The number of rotatable bonds is 4. The van der Waals surface area contributed by atoms with E-state index in [2.05, 4.69) is 22.9 Å². The van der Waals surface area contributed by atoms with Gasteiger partial charge in [-0.1, -0.05) is 18.5 Å². The first-order valence-corrected chi connectivity index (χ1v) is 7.61. The summed E-state index contributed by atoms with van der Waals surface area (Å²) >= 11 is 6.07. The highest BCUT2D eigenvalue weighted by molar-refractivity contribution is 6.31. The van der Waals surface area contributed by atoms with Crippen LogP contribution in [0.4, 0.5) is 0 Å². The van der Waals surface area contributed by atoms with Crippen molar-refractivity contribution in [2.75, 3.05) is 19.8 Å². The predicted octanol–water partition coefficient (Wildman–Crippen LogP) is 2.63. The highest BCUT2D eigenvalue weighted by Gasteiger charge is 2.18. The molecule has 5 heteroatoms. The molecule has 1 aliphatic rings. The smallest absolute Gasteiger partial charge is 0.111 e. The van der Waals surface area contributed by atoms with Gasteiger partial charge in [-0.05, 0) is 24.6 Å². The van der Waals surface area contributed by atoms with Crippen LogP contribution >= 0.6 is 11.6 Å². The third-order valence-corrected chi connectivity index (χ3v) is 3.90. The van der Waals surface area contributed by atoms with E-state index >= 15 is 0 Å². The van der Waals surface area contributed by atoms with E-state index in [0.717, 1.165) is 55.5 Å². The molecule has 1 N–H and O–H groups in total. The second kappa shape index (κ2) is 6.12. The fourth-order valence-electron chi connectivity index (χ4n) is 2.75. The molecule has 0 radical (unpaired) electrons. The van der Waals surface area contributed by atoms with Crippen molar-refractivity contribution in [1.82, 2.24) is 14.9 Å². The lowest BCUT2D eigenvalue weighted by Crippen LogP contribution is -2.43. The lowest BCUT2D eigenvalue weighted by atomic mass is 10.2. The Hall–Kier alpha value is -1.10. The first-order chi connectivity index (χ1) is 9.78. The molecule has 2 aromatic rings. The van der Waals surface area contributed by atoms with Gasteiger partial charge in [0.05, 0.1) is 24.2 Å². The van der Waals surface area contributed by atoms with E-state index < -0.39 is 0 Å². The fraction of sp³-hybridized carbons (Fsp3) is 0.533. The van der Waals surface area contributed by atoms with Crippen molar-refractivity contribution < 1.29 is 4.74 Å². The Morgan fingerprint density at radius 3 is 3.15 bits per heavy atom. The Morgan fingerprint density at radius 1 is 1.50 bits per heavy atom. The van der Waals surface area contributed by atoms with Crippen LogP contribution in [0.15, 0.2) is 18.2 Å². The van der Waals surface area contributed by atoms with Gasteiger partial charge in [-0.3, -0.25) is 0 Å². The van der Waals surface area contributed by atoms with Crippen molar-refractivity contribution in [3.63, 3.8) is 0 Å². The second-order valence-corrected chi connectivity index (χ2v) is 5.68. The summed E-state index contributed by atoms with van der Waals surface area (Å²) in [5, 5.41) is 4.23. The van der Waals surface area contributed by atoms with Crippen LogP contribution in [-0.2, 0) is 17.7 Å². The monoisotopic (exact) mass is 293 g/mol. The molecule has 0 aliphatic carbocycles. The average Bonchev–Trinajstić information content (AvgIpc) is 2.77. The van der Waals surface area contributed by atoms with Gasteiger partial charge >= 0.3 is 0 Å². The van der Waals surface area contributed by atoms with E-state index in [-0.39, 0.29) is 0 Å². The molecule has 20 heavy (non-hydrogen) atoms. The first kappa shape index (κ1) is 13.9. The van der Waals surface area contributed by atoms with Gasteiger partial charge in [-0.2, -0.15) is 0 Å². The molecule has 1 atom stereocenters. The van der Waals surface area contributed by atoms with Crippen molar-refractivity contribution in [2.45, 2.75) is 32.4 Å². The van der Waals surface area contributed by atoms with Gasteiger partial charge in [0.1, 0.15) is 5.82 Å². The number of morpholine rings is 1. The summed E-state index contributed by atoms with van der Waals surface area (Å²) in [7, 11) is 0. The molecule has 3 rings (SSSR count). The highest BCUT2D eigenvalue weighted by atomic mass is 35.5. The first-order valence-electron chi connectivity index (χ1n) is 7.23. The minimum absolute atomic E-state index is 0.353. The Bertz CT molecular complexity index is 590. The van der Waals surface area contributed by atoms with E-state index in [0.29, 0.717) is 6.04 Å². The molecular weight excluding hydrogens is 274 g/mol. The molecule has 0 saturated carbocycles. The molecule has 0 amide bonds. The molecule has 1 aromatic carbocycles. The molecule has 4 nitrogen and oxygen atoms in total. The van der Waals surface area contributed by atoms with Crippen molar-refractivity contribution in [3.05, 3.63) is 29.0 Å². The van der Waals surface area contributed by atoms with Crippen LogP contribution < -0.4 is 5.32 Å². The van der Waals surface area contributed by atoms with Crippen molar-refractivity contribution in [1.29, 1.82) is 0 Å². The molecule has 0 spiro atoms. The summed E-state index contributed by atoms with van der Waals surface area (Å²) in [5.74, 6) is 1.12. The maximum atomic E-state index is 6.07. The summed E-state index contributed by atoms with van der Waals surface area (Å²) in [6.45, 7) is 5.66. The molecule has 1 aromatic heterocycles. The quantitative estimate of drug-likeness (QED) is 0.942. The number of nitrogens with one attached hydrogen (secondary N) is 1. The standard InChI is InChI=1S/C15H20ClN3O/c1-2-6-19-14-4-3-11(16)8-13(14)18-15(19)9-12-10-20-7-5-17-12/h3-4,8,12,17H,2,5-7,9-10H2,1H3. The number of ether oxygens (including phenoxy) is 1. The SMILES string of the molecule is CCCn1c(CC2COCCN2)nc2cc(Cl)ccc21. The Kier molecular flexibility index (Phi) is 4.24. The van der Waals surface area contributed by atoms with Gasteiger partial charge in [0.25, 0.3) is 0 Å². The normalized spacial score (nSPS) is 19.6. The lowest BCUT2D eigenvalue weighted by molar-refractivity contribution is 0.0761. The van der Waals surface area contributed by atoms with E-state index in [1.807, 2.05) is 12.1 Å². The number of benzene rings is 1. The number of hydrogen-bond donors (Lipinski definition) is 1. The molecule has 0 bridgehead atoms. The minimum atomic E-state index is 0.353. The second-order valence-electron chi connectivity index (χ2n) is 5.24. The van der Waals surface area contributed by atoms with E-state index in [1.165, 1.54) is 5.52 Å². The maximum absolute atomic E-state index is 6.07. The Labute approximate surface area is 124 Å². The molecule has 2 heterocycles. The molecular formula is C15H20ClN3O. The van der Waals surface area contributed by atoms with Gasteiger partial charge in [0.2, 0.25) is 0 Å². The molecule has 1 fully saturated rings. The molecule has 1 aliphatic heterocycles. The largest absolute Gasteiger partial charge is 0.379 e. The third kappa shape index (κ3) is 2.82. The number of aromatic nitrogens is 2. The minimum Gasteiger partial charge on any atom is -0.379 e. The highest BCUT2D eigenvalue weighted by Crippen LogP contribution is 2.22. The van der Waals surface area contributed by atoms with Crippen molar-refractivity contribution >= 4 is 22.6 Å². The summed E-state index contributed by atoms with van der Waals surface area (Å²) in [6, 6.07) is 6.29. The lowest BCUT2D eigenvalue weighted by Gasteiger charge is -2.23. The van der Waals surface area contributed by atoms with Gasteiger partial charge < -0.3 is 14.6 Å². The van der Waals surface area contributed by atoms with Gasteiger partial charge in [-0.25, -0.2) is 4.98 Å². The molecule has 1 unspecified atom stereocenters. The van der Waals surface area contributed by atoms with Crippen molar-refractivity contribution in [3.8, 4) is 0 Å². The van der Waals surface area contributed by atoms with Gasteiger partial charge in [0, 0.05) is 30.6 Å². The Morgan fingerprint density at radius 2 is 2.40 bits per heavy atom. The number of halogens is 1.